The molecule has 17 heavy (non-hydrogen) atoms. The molecule has 0 atom stereocenters. The van der Waals surface area contributed by atoms with Crippen molar-refractivity contribution in [3.05, 3.63) is 47.5 Å². The third kappa shape index (κ3) is 1.47. The van der Waals surface area contributed by atoms with Gasteiger partial charge in [0.05, 0.1) is 0 Å². The van der Waals surface area contributed by atoms with Gasteiger partial charge in [-0.1, -0.05) is 18.2 Å². The van der Waals surface area contributed by atoms with Gasteiger partial charge in [0.15, 0.2) is 6.29 Å². The van der Waals surface area contributed by atoms with Crippen molar-refractivity contribution in [3.63, 3.8) is 0 Å². The molecule has 0 fully saturated rings. The van der Waals surface area contributed by atoms with E-state index < -0.39 is 0 Å². The van der Waals surface area contributed by atoms with E-state index in [9.17, 15) is 9.59 Å². The average Bonchev–Trinajstić information content (AvgIpc) is 2.75. The molecule has 0 radical (unpaired) electrons. The number of carbonyl (C=O) groups is 2. The maximum Gasteiger partial charge on any atom is 0.150 e. The number of fused-ring (bicyclic) bond motifs is 3. The molecule has 2 nitrogen and oxygen atoms in total. The second-order valence-electron chi connectivity index (χ2n) is 3.81. The molecule has 2 aromatic carbocycles. The summed E-state index contributed by atoms with van der Waals surface area (Å²) in [5, 5.41) is 1.93. The maximum absolute atomic E-state index is 11.1. The number of carbonyl (C=O) groups excluding carboxylic acids is 2. The van der Waals surface area contributed by atoms with Crippen LogP contribution in [0.3, 0.4) is 0 Å². The fraction of sp³-hybridized carbons (Fsp3) is 0. The molecule has 0 unspecified atom stereocenters. The zero-order valence-corrected chi connectivity index (χ0v) is 9.66. The van der Waals surface area contributed by atoms with E-state index in [0.717, 1.165) is 32.7 Å². The van der Waals surface area contributed by atoms with Crippen molar-refractivity contribution in [1.82, 2.24) is 0 Å². The van der Waals surface area contributed by atoms with E-state index in [0.29, 0.717) is 11.1 Å². The van der Waals surface area contributed by atoms with Crippen LogP contribution in [0.15, 0.2) is 36.4 Å². The molecule has 0 saturated heterocycles. The van der Waals surface area contributed by atoms with E-state index in [1.54, 1.807) is 23.5 Å². The lowest BCUT2D eigenvalue weighted by atomic mass is 10.1. The van der Waals surface area contributed by atoms with Crippen LogP contribution in [0.4, 0.5) is 0 Å². The summed E-state index contributed by atoms with van der Waals surface area (Å²) in [6, 6.07) is 11.2. The Hall–Kier alpha value is -2.00. The molecule has 1 heterocycles. The van der Waals surface area contributed by atoms with E-state index in [2.05, 4.69) is 0 Å². The minimum absolute atomic E-state index is 0.637. The Morgan fingerprint density at radius 3 is 2.59 bits per heavy atom. The van der Waals surface area contributed by atoms with E-state index in [4.69, 9.17) is 0 Å². The number of hydrogen-bond acceptors (Lipinski definition) is 3. The average molecular weight is 240 g/mol. The molecule has 0 aliphatic heterocycles. The van der Waals surface area contributed by atoms with Gasteiger partial charge in [0.1, 0.15) is 6.29 Å². The largest absolute Gasteiger partial charge is 0.298 e. The molecule has 3 heteroatoms. The SMILES string of the molecule is O=Cc1ccc2sc3cccc(C=O)c3c2c1. The first-order chi connectivity index (χ1) is 8.33. The van der Waals surface area contributed by atoms with Gasteiger partial charge in [0, 0.05) is 31.3 Å². The van der Waals surface area contributed by atoms with E-state index in [1.807, 2.05) is 24.3 Å². The number of hydrogen-bond donors (Lipinski definition) is 0. The van der Waals surface area contributed by atoms with Crippen LogP contribution in [0.1, 0.15) is 20.7 Å². The zero-order valence-electron chi connectivity index (χ0n) is 8.84. The molecule has 1 aromatic heterocycles. The van der Waals surface area contributed by atoms with Crippen LogP contribution in [0.5, 0.6) is 0 Å². The van der Waals surface area contributed by atoms with Crippen molar-refractivity contribution in [2.24, 2.45) is 0 Å². The second kappa shape index (κ2) is 3.79. The van der Waals surface area contributed by atoms with E-state index in [1.165, 1.54) is 0 Å². The van der Waals surface area contributed by atoms with Gasteiger partial charge in [-0.05, 0) is 18.2 Å². The van der Waals surface area contributed by atoms with Crippen LogP contribution in [-0.4, -0.2) is 12.6 Å². The third-order valence-electron chi connectivity index (χ3n) is 2.81. The molecule has 0 spiro atoms. The highest BCUT2D eigenvalue weighted by molar-refractivity contribution is 7.25. The highest BCUT2D eigenvalue weighted by atomic mass is 32.1. The summed E-state index contributed by atoms with van der Waals surface area (Å²) in [6.45, 7) is 0. The highest BCUT2D eigenvalue weighted by Gasteiger charge is 2.09. The van der Waals surface area contributed by atoms with Crippen molar-refractivity contribution < 1.29 is 9.59 Å². The van der Waals surface area contributed by atoms with Gasteiger partial charge in [-0.2, -0.15) is 0 Å². The second-order valence-corrected chi connectivity index (χ2v) is 4.90. The number of rotatable bonds is 2. The molecule has 0 saturated carbocycles. The quantitative estimate of drug-likeness (QED) is 0.640. The summed E-state index contributed by atoms with van der Waals surface area (Å²) in [5.74, 6) is 0. The Kier molecular flexibility index (Phi) is 2.27. The Labute approximate surface area is 101 Å². The van der Waals surface area contributed by atoms with Gasteiger partial charge in [-0.3, -0.25) is 9.59 Å². The first-order valence-corrected chi connectivity index (χ1v) is 6.01. The molecule has 3 rings (SSSR count). The van der Waals surface area contributed by atoms with Crippen LogP contribution in [0.2, 0.25) is 0 Å². The fourth-order valence-electron chi connectivity index (χ4n) is 2.04. The molecular weight excluding hydrogens is 232 g/mol. The minimum atomic E-state index is 0.637. The van der Waals surface area contributed by atoms with Gasteiger partial charge in [-0.15, -0.1) is 11.3 Å². The normalized spacial score (nSPS) is 10.8. The van der Waals surface area contributed by atoms with Crippen molar-refractivity contribution in [2.75, 3.05) is 0 Å². The number of aldehydes is 2. The smallest absolute Gasteiger partial charge is 0.150 e. The lowest BCUT2D eigenvalue weighted by Crippen LogP contribution is -1.81. The lowest BCUT2D eigenvalue weighted by molar-refractivity contribution is 0.111. The van der Waals surface area contributed by atoms with Crippen LogP contribution in [0, 0.1) is 0 Å². The van der Waals surface area contributed by atoms with Gasteiger partial charge in [0.2, 0.25) is 0 Å². The van der Waals surface area contributed by atoms with Gasteiger partial charge in [0.25, 0.3) is 0 Å². The minimum Gasteiger partial charge on any atom is -0.298 e. The van der Waals surface area contributed by atoms with Gasteiger partial charge in [-0.25, -0.2) is 0 Å². The molecule has 3 aromatic rings. The first kappa shape index (κ1) is 10.2. The monoisotopic (exact) mass is 240 g/mol. The molecule has 82 valence electrons. The predicted octanol–water partition coefficient (Wildman–Crippen LogP) is 3.68. The van der Waals surface area contributed by atoms with Crippen molar-refractivity contribution in [3.8, 4) is 0 Å². The number of benzene rings is 2. The lowest BCUT2D eigenvalue weighted by Gasteiger charge is -1.96. The maximum atomic E-state index is 11.1. The summed E-state index contributed by atoms with van der Waals surface area (Å²) >= 11 is 1.64. The van der Waals surface area contributed by atoms with Crippen LogP contribution >= 0.6 is 11.3 Å². The van der Waals surface area contributed by atoms with Crippen LogP contribution in [-0.2, 0) is 0 Å². The third-order valence-corrected chi connectivity index (χ3v) is 3.95. The highest BCUT2D eigenvalue weighted by Crippen LogP contribution is 2.35. The Morgan fingerprint density at radius 1 is 0.941 bits per heavy atom. The Bertz CT molecular complexity index is 740. The van der Waals surface area contributed by atoms with Gasteiger partial charge >= 0.3 is 0 Å². The molecule has 0 bridgehead atoms. The fourth-order valence-corrected chi connectivity index (χ4v) is 3.16. The van der Waals surface area contributed by atoms with Crippen molar-refractivity contribution in [2.45, 2.75) is 0 Å². The topological polar surface area (TPSA) is 34.1 Å². The van der Waals surface area contributed by atoms with E-state index in [-0.39, 0.29) is 0 Å². The summed E-state index contributed by atoms with van der Waals surface area (Å²) < 4.78 is 2.17. The van der Waals surface area contributed by atoms with Crippen molar-refractivity contribution in [1.29, 1.82) is 0 Å². The Morgan fingerprint density at radius 2 is 1.82 bits per heavy atom. The molecule has 0 amide bonds. The van der Waals surface area contributed by atoms with Crippen LogP contribution in [0.25, 0.3) is 20.2 Å². The molecular formula is C14H8O2S. The zero-order chi connectivity index (χ0) is 11.8. The van der Waals surface area contributed by atoms with Crippen LogP contribution < -0.4 is 0 Å². The summed E-state index contributed by atoms with van der Waals surface area (Å²) in [6.07, 6.45) is 1.69. The summed E-state index contributed by atoms with van der Waals surface area (Å²) in [4.78, 5) is 21.8. The molecule has 0 aliphatic carbocycles. The van der Waals surface area contributed by atoms with E-state index >= 15 is 0 Å². The van der Waals surface area contributed by atoms with Crippen molar-refractivity contribution >= 4 is 44.1 Å². The summed E-state index contributed by atoms with van der Waals surface area (Å²) in [5.41, 5.74) is 1.31. The predicted molar refractivity (Wildman–Crippen MR) is 70.1 cm³/mol. The standard InChI is InChI=1S/C14H8O2S/c15-7-9-4-5-12-11(6-9)14-10(8-16)2-1-3-13(14)17-12/h1-8H. The Balaban J connectivity index is 2.54. The molecule has 0 N–H and O–H groups in total. The first-order valence-electron chi connectivity index (χ1n) is 5.19. The van der Waals surface area contributed by atoms with Gasteiger partial charge < -0.3 is 0 Å². The summed E-state index contributed by atoms with van der Waals surface area (Å²) in [7, 11) is 0. The molecule has 0 aliphatic rings. The number of thiophene rings is 1.